The molecular formula is C22H30N2O3S. The summed E-state index contributed by atoms with van der Waals surface area (Å²) in [6.45, 7) is 7.55. The molecular weight excluding hydrogens is 372 g/mol. The Bertz CT molecular complexity index is 895. The summed E-state index contributed by atoms with van der Waals surface area (Å²) in [7, 11) is -3.82. The molecule has 0 aliphatic carbocycles. The minimum Gasteiger partial charge on any atom is -0.353 e. The van der Waals surface area contributed by atoms with Crippen molar-refractivity contribution in [1.82, 2.24) is 9.62 Å². The molecule has 0 aliphatic rings. The van der Waals surface area contributed by atoms with Crippen molar-refractivity contribution in [2.45, 2.75) is 58.0 Å². The van der Waals surface area contributed by atoms with Gasteiger partial charge in [-0.05, 0) is 49.9 Å². The van der Waals surface area contributed by atoms with Crippen LogP contribution in [0.5, 0.6) is 0 Å². The van der Waals surface area contributed by atoms with E-state index in [1.54, 1.807) is 19.1 Å². The molecule has 28 heavy (non-hydrogen) atoms. The molecule has 1 N–H and O–H groups in total. The molecule has 5 nitrogen and oxygen atoms in total. The second kappa shape index (κ2) is 9.85. The summed E-state index contributed by atoms with van der Waals surface area (Å²) in [4.78, 5) is 12.8. The zero-order valence-corrected chi connectivity index (χ0v) is 17.9. The van der Waals surface area contributed by atoms with Crippen LogP contribution in [0.15, 0.2) is 53.4 Å². The maximum Gasteiger partial charge on any atom is 0.244 e. The Hall–Kier alpha value is -2.18. The number of hydrogen-bond donors (Lipinski definition) is 1. The van der Waals surface area contributed by atoms with E-state index in [-0.39, 0.29) is 29.9 Å². The highest BCUT2D eigenvalue weighted by molar-refractivity contribution is 7.89. The van der Waals surface area contributed by atoms with E-state index in [1.807, 2.05) is 50.2 Å². The van der Waals surface area contributed by atoms with Crippen molar-refractivity contribution in [1.29, 1.82) is 0 Å². The van der Waals surface area contributed by atoms with Crippen LogP contribution in [-0.2, 0) is 21.4 Å². The van der Waals surface area contributed by atoms with Crippen LogP contribution in [0.25, 0.3) is 0 Å². The highest BCUT2D eigenvalue weighted by atomic mass is 32.2. The minimum absolute atomic E-state index is 0.0134. The third-order valence-electron chi connectivity index (χ3n) is 4.61. The smallest absolute Gasteiger partial charge is 0.244 e. The summed E-state index contributed by atoms with van der Waals surface area (Å²) in [5, 5.41) is 2.90. The molecule has 1 atom stereocenters. The summed E-state index contributed by atoms with van der Waals surface area (Å²) in [6, 6.07) is 14.7. The van der Waals surface area contributed by atoms with Crippen LogP contribution < -0.4 is 5.32 Å². The lowest BCUT2D eigenvalue weighted by Gasteiger charge is -2.24. The van der Waals surface area contributed by atoms with E-state index in [1.165, 1.54) is 4.31 Å². The van der Waals surface area contributed by atoms with Crippen LogP contribution >= 0.6 is 0 Å². The van der Waals surface area contributed by atoms with Gasteiger partial charge in [0.15, 0.2) is 0 Å². The van der Waals surface area contributed by atoms with Crippen molar-refractivity contribution < 1.29 is 13.2 Å². The third-order valence-corrected chi connectivity index (χ3v) is 6.55. The number of hydrogen-bond acceptors (Lipinski definition) is 3. The molecule has 0 saturated heterocycles. The molecule has 2 rings (SSSR count). The quantitative estimate of drug-likeness (QED) is 0.694. The van der Waals surface area contributed by atoms with Crippen LogP contribution in [0.1, 0.15) is 43.4 Å². The molecule has 0 aliphatic heterocycles. The van der Waals surface area contributed by atoms with Gasteiger partial charge in [-0.25, -0.2) is 8.42 Å². The van der Waals surface area contributed by atoms with Crippen LogP contribution in [-0.4, -0.2) is 31.2 Å². The van der Waals surface area contributed by atoms with E-state index in [0.717, 1.165) is 24.0 Å². The Morgan fingerprint density at radius 1 is 1.11 bits per heavy atom. The highest BCUT2D eigenvalue weighted by Gasteiger charge is 2.28. The van der Waals surface area contributed by atoms with Gasteiger partial charge >= 0.3 is 0 Å². The normalized spacial score (nSPS) is 12.8. The maximum atomic E-state index is 13.4. The molecule has 0 radical (unpaired) electrons. The molecule has 1 amide bonds. The number of aryl methyl sites for hydroxylation is 2. The lowest BCUT2D eigenvalue weighted by atomic mass is 10.2. The summed E-state index contributed by atoms with van der Waals surface area (Å²) < 4.78 is 28.1. The SMILES string of the molecule is CCCC(C)NC(=O)CN(Cc1ccccc1)S(=O)(=O)c1cc(C)ccc1C. The monoisotopic (exact) mass is 402 g/mol. The lowest BCUT2D eigenvalue weighted by Crippen LogP contribution is -2.43. The van der Waals surface area contributed by atoms with Gasteiger partial charge in [-0.2, -0.15) is 4.31 Å². The van der Waals surface area contributed by atoms with Crippen LogP contribution in [0.3, 0.4) is 0 Å². The van der Waals surface area contributed by atoms with Crippen molar-refractivity contribution in [2.75, 3.05) is 6.54 Å². The van der Waals surface area contributed by atoms with Crippen molar-refractivity contribution in [3.63, 3.8) is 0 Å². The standard InChI is InChI=1S/C22H30N2O3S/c1-5-9-19(4)23-22(25)16-24(15-20-10-7-6-8-11-20)28(26,27)21-14-17(2)12-13-18(21)3/h6-8,10-14,19H,5,9,15-16H2,1-4H3,(H,23,25). The average Bonchev–Trinajstić information content (AvgIpc) is 2.64. The lowest BCUT2D eigenvalue weighted by molar-refractivity contribution is -0.122. The van der Waals surface area contributed by atoms with E-state index in [4.69, 9.17) is 0 Å². The zero-order chi connectivity index (χ0) is 20.7. The Morgan fingerprint density at radius 2 is 1.79 bits per heavy atom. The second-order valence-electron chi connectivity index (χ2n) is 7.28. The van der Waals surface area contributed by atoms with Crippen LogP contribution in [0.4, 0.5) is 0 Å². The Morgan fingerprint density at radius 3 is 2.43 bits per heavy atom. The third kappa shape index (κ3) is 5.91. The molecule has 2 aromatic carbocycles. The van der Waals surface area contributed by atoms with E-state index in [2.05, 4.69) is 12.2 Å². The van der Waals surface area contributed by atoms with Crippen LogP contribution in [0.2, 0.25) is 0 Å². The van der Waals surface area contributed by atoms with Gasteiger partial charge in [0, 0.05) is 12.6 Å². The van der Waals surface area contributed by atoms with Crippen molar-refractivity contribution in [3.05, 3.63) is 65.2 Å². The Kier molecular flexibility index (Phi) is 7.78. The molecule has 2 aromatic rings. The Balaban J connectivity index is 2.34. The molecule has 6 heteroatoms. The number of amides is 1. The summed E-state index contributed by atoms with van der Waals surface area (Å²) in [5.74, 6) is -0.286. The predicted octanol–water partition coefficient (Wildman–Crippen LogP) is 3.80. The zero-order valence-electron chi connectivity index (χ0n) is 17.1. The molecule has 0 bridgehead atoms. The average molecular weight is 403 g/mol. The predicted molar refractivity (Wildman–Crippen MR) is 112 cm³/mol. The highest BCUT2D eigenvalue weighted by Crippen LogP contribution is 2.23. The van der Waals surface area contributed by atoms with Crippen molar-refractivity contribution >= 4 is 15.9 Å². The number of rotatable bonds is 9. The fraction of sp³-hybridized carbons (Fsp3) is 0.409. The molecule has 152 valence electrons. The van der Waals surface area contributed by atoms with Crippen molar-refractivity contribution in [3.8, 4) is 0 Å². The molecule has 0 heterocycles. The minimum atomic E-state index is -3.82. The molecule has 0 aromatic heterocycles. The van der Waals surface area contributed by atoms with Gasteiger partial charge in [0.25, 0.3) is 0 Å². The fourth-order valence-corrected chi connectivity index (χ4v) is 4.82. The largest absolute Gasteiger partial charge is 0.353 e. The van der Waals surface area contributed by atoms with E-state index in [9.17, 15) is 13.2 Å². The van der Waals surface area contributed by atoms with Gasteiger partial charge < -0.3 is 5.32 Å². The van der Waals surface area contributed by atoms with Gasteiger partial charge in [-0.3, -0.25) is 4.79 Å². The van der Waals surface area contributed by atoms with Gasteiger partial charge in [0.2, 0.25) is 15.9 Å². The first-order valence-corrected chi connectivity index (χ1v) is 11.1. The van der Waals surface area contributed by atoms with Crippen LogP contribution in [0, 0.1) is 13.8 Å². The van der Waals surface area contributed by atoms with Gasteiger partial charge in [-0.1, -0.05) is 55.8 Å². The maximum absolute atomic E-state index is 13.4. The second-order valence-corrected chi connectivity index (χ2v) is 9.19. The first kappa shape index (κ1) is 22.1. The van der Waals surface area contributed by atoms with Gasteiger partial charge in [0.05, 0.1) is 11.4 Å². The molecule has 0 fully saturated rings. The number of carbonyl (C=O) groups is 1. The first-order valence-electron chi connectivity index (χ1n) is 9.64. The van der Waals surface area contributed by atoms with E-state index < -0.39 is 10.0 Å². The molecule has 0 saturated carbocycles. The Labute approximate surface area is 168 Å². The molecule has 0 spiro atoms. The van der Waals surface area contributed by atoms with Gasteiger partial charge in [0.1, 0.15) is 0 Å². The van der Waals surface area contributed by atoms with Crippen molar-refractivity contribution in [2.24, 2.45) is 0 Å². The number of nitrogens with one attached hydrogen (secondary N) is 1. The summed E-state index contributed by atoms with van der Waals surface area (Å²) in [6.07, 6.45) is 1.81. The number of carbonyl (C=O) groups excluding carboxylic acids is 1. The number of nitrogens with zero attached hydrogens (tertiary/aromatic N) is 1. The first-order chi connectivity index (χ1) is 13.2. The fourth-order valence-electron chi connectivity index (χ4n) is 3.12. The van der Waals surface area contributed by atoms with E-state index >= 15 is 0 Å². The molecule has 1 unspecified atom stereocenters. The summed E-state index contributed by atoms with van der Waals surface area (Å²) >= 11 is 0. The van der Waals surface area contributed by atoms with Gasteiger partial charge in [-0.15, -0.1) is 0 Å². The number of benzene rings is 2. The topological polar surface area (TPSA) is 66.5 Å². The summed E-state index contributed by atoms with van der Waals surface area (Å²) in [5.41, 5.74) is 2.37. The van der Waals surface area contributed by atoms with E-state index in [0.29, 0.717) is 5.56 Å². The number of sulfonamides is 1.